The van der Waals surface area contributed by atoms with Gasteiger partial charge in [0.1, 0.15) is 0 Å². The molecule has 1 saturated carbocycles. The molecule has 3 heteroatoms. The van der Waals surface area contributed by atoms with Crippen LogP contribution in [0.25, 0.3) is 0 Å². The van der Waals surface area contributed by atoms with Crippen LogP contribution in [0.4, 0.5) is 0 Å². The number of likely N-dealkylation sites (tertiary alicyclic amines) is 2. The summed E-state index contributed by atoms with van der Waals surface area (Å²) in [6, 6.07) is 0.823. The van der Waals surface area contributed by atoms with Gasteiger partial charge < -0.3 is 5.73 Å². The van der Waals surface area contributed by atoms with Crippen molar-refractivity contribution in [2.24, 2.45) is 11.7 Å². The first-order chi connectivity index (χ1) is 8.80. The molecule has 0 spiro atoms. The smallest absolute Gasteiger partial charge is 0.0357 e. The van der Waals surface area contributed by atoms with Crippen LogP contribution < -0.4 is 5.73 Å². The van der Waals surface area contributed by atoms with Gasteiger partial charge in [-0.1, -0.05) is 6.92 Å². The van der Waals surface area contributed by atoms with Crippen molar-refractivity contribution in [1.82, 2.24) is 9.80 Å². The van der Waals surface area contributed by atoms with Gasteiger partial charge in [0.05, 0.1) is 0 Å². The lowest BCUT2D eigenvalue weighted by Gasteiger charge is -2.41. The molecule has 2 atom stereocenters. The van der Waals surface area contributed by atoms with Gasteiger partial charge in [0.2, 0.25) is 0 Å². The van der Waals surface area contributed by atoms with Crippen LogP contribution in [0.1, 0.15) is 45.4 Å². The van der Waals surface area contributed by atoms with Crippen molar-refractivity contribution < 1.29 is 0 Å². The van der Waals surface area contributed by atoms with E-state index in [0.717, 1.165) is 18.5 Å². The molecule has 0 aromatic carbocycles. The predicted octanol–water partition coefficient (Wildman–Crippen LogP) is 1.67. The third-order valence-electron chi connectivity index (χ3n) is 5.75. The molecule has 0 aromatic rings. The molecule has 0 bridgehead atoms. The summed E-state index contributed by atoms with van der Waals surface area (Å²) < 4.78 is 0. The van der Waals surface area contributed by atoms with E-state index in [1.54, 1.807) is 0 Å². The summed E-state index contributed by atoms with van der Waals surface area (Å²) in [6.45, 7) is 8.44. The summed E-state index contributed by atoms with van der Waals surface area (Å²) in [4.78, 5) is 5.48. The van der Waals surface area contributed by atoms with Crippen molar-refractivity contribution in [2.45, 2.75) is 57.0 Å². The Kier molecular flexibility index (Phi) is 3.65. The maximum Gasteiger partial charge on any atom is 0.0357 e. The Hall–Kier alpha value is -0.120. The van der Waals surface area contributed by atoms with E-state index in [4.69, 9.17) is 5.73 Å². The van der Waals surface area contributed by atoms with Crippen molar-refractivity contribution in [2.75, 3.05) is 32.7 Å². The molecular weight excluding hydrogens is 222 g/mol. The molecule has 0 amide bonds. The fraction of sp³-hybridized carbons (Fsp3) is 1.00. The summed E-state index contributed by atoms with van der Waals surface area (Å²) in [6.07, 6.45) is 8.26. The van der Waals surface area contributed by atoms with E-state index in [-0.39, 0.29) is 0 Å². The van der Waals surface area contributed by atoms with Crippen molar-refractivity contribution in [3.05, 3.63) is 0 Å². The Morgan fingerprint density at radius 2 is 1.83 bits per heavy atom. The monoisotopic (exact) mass is 251 g/mol. The molecule has 2 N–H and O–H groups in total. The third-order valence-corrected chi connectivity index (χ3v) is 5.75. The maximum absolute atomic E-state index is 6.18. The largest absolute Gasteiger partial charge is 0.329 e. The molecule has 2 saturated heterocycles. The lowest BCUT2D eigenvalue weighted by atomic mass is 9.88. The van der Waals surface area contributed by atoms with Gasteiger partial charge >= 0.3 is 0 Å². The number of rotatable bonds is 5. The van der Waals surface area contributed by atoms with Gasteiger partial charge in [0, 0.05) is 31.2 Å². The minimum absolute atomic E-state index is 0.342. The van der Waals surface area contributed by atoms with Gasteiger partial charge in [-0.15, -0.1) is 0 Å². The number of nitrogens with zero attached hydrogens (tertiary/aromatic N) is 2. The van der Waals surface area contributed by atoms with E-state index in [1.165, 1.54) is 64.7 Å². The van der Waals surface area contributed by atoms with Crippen LogP contribution in [-0.2, 0) is 0 Å². The third kappa shape index (κ3) is 2.10. The van der Waals surface area contributed by atoms with Crippen LogP contribution in [0.2, 0.25) is 0 Å². The molecule has 18 heavy (non-hydrogen) atoms. The topological polar surface area (TPSA) is 32.5 Å². The van der Waals surface area contributed by atoms with Gasteiger partial charge in [-0.25, -0.2) is 0 Å². The molecule has 3 nitrogen and oxygen atoms in total. The average molecular weight is 251 g/mol. The molecule has 2 heterocycles. The Labute approximate surface area is 112 Å². The fourth-order valence-electron chi connectivity index (χ4n) is 4.38. The Balaban J connectivity index is 1.65. The molecular formula is C15H29N3. The van der Waals surface area contributed by atoms with Gasteiger partial charge in [-0.3, -0.25) is 9.80 Å². The van der Waals surface area contributed by atoms with Crippen molar-refractivity contribution >= 4 is 0 Å². The second-order valence-electron chi connectivity index (χ2n) is 6.57. The quantitative estimate of drug-likeness (QED) is 0.807. The van der Waals surface area contributed by atoms with Gasteiger partial charge in [0.25, 0.3) is 0 Å². The molecule has 3 rings (SSSR count). The van der Waals surface area contributed by atoms with Crippen LogP contribution >= 0.6 is 0 Å². The lowest BCUT2D eigenvalue weighted by Crippen LogP contribution is -2.55. The Morgan fingerprint density at radius 3 is 2.39 bits per heavy atom. The van der Waals surface area contributed by atoms with Crippen LogP contribution in [0, 0.1) is 5.92 Å². The summed E-state index contributed by atoms with van der Waals surface area (Å²) in [5.41, 5.74) is 6.52. The van der Waals surface area contributed by atoms with Crippen LogP contribution in [0.3, 0.4) is 0 Å². The minimum Gasteiger partial charge on any atom is -0.329 e. The van der Waals surface area contributed by atoms with Gasteiger partial charge in [-0.05, 0) is 57.5 Å². The SMILES string of the molecule is CCC(CN)(C1CC1)N1CCC(N2CCCC2)C1. The first-order valence-electron chi connectivity index (χ1n) is 7.99. The molecule has 0 radical (unpaired) electrons. The average Bonchev–Trinajstić information content (AvgIpc) is 2.94. The fourth-order valence-corrected chi connectivity index (χ4v) is 4.38. The second-order valence-corrected chi connectivity index (χ2v) is 6.57. The van der Waals surface area contributed by atoms with Crippen molar-refractivity contribution in [3.8, 4) is 0 Å². The van der Waals surface area contributed by atoms with Gasteiger partial charge in [0.15, 0.2) is 0 Å². The number of hydrogen-bond acceptors (Lipinski definition) is 3. The van der Waals surface area contributed by atoms with Crippen molar-refractivity contribution in [1.29, 1.82) is 0 Å². The first kappa shape index (κ1) is 12.9. The van der Waals surface area contributed by atoms with Crippen LogP contribution in [0.15, 0.2) is 0 Å². The van der Waals surface area contributed by atoms with E-state index < -0.39 is 0 Å². The molecule has 3 aliphatic rings. The number of nitrogens with two attached hydrogens (primary N) is 1. The molecule has 2 aliphatic heterocycles. The standard InChI is InChI=1S/C15H29N3/c1-2-15(12-16,13-5-6-13)18-10-7-14(11-18)17-8-3-4-9-17/h13-14H,2-12,16H2,1H3. The minimum atomic E-state index is 0.342. The molecule has 1 aliphatic carbocycles. The highest BCUT2D eigenvalue weighted by molar-refractivity contribution is 5.05. The Morgan fingerprint density at radius 1 is 1.11 bits per heavy atom. The first-order valence-corrected chi connectivity index (χ1v) is 7.99. The lowest BCUT2D eigenvalue weighted by molar-refractivity contribution is 0.0847. The summed E-state index contributed by atoms with van der Waals surface area (Å²) in [7, 11) is 0. The molecule has 0 aromatic heterocycles. The molecule has 3 fully saturated rings. The molecule has 104 valence electrons. The van der Waals surface area contributed by atoms with Gasteiger partial charge in [-0.2, -0.15) is 0 Å². The second kappa shape index (κ2) is 5.10. The molecule has 2 unspecified atom stereocenters. The highest BCUT2D eigenvalue weighted by atomic mass is 15.3. The number of hydrogen-bond donors (Lipinski definition) is 1. The normalized spacial score (nSPS) is 34.0. The summed E-state index contributed by atoms with van der Waals surface area (Å²) >= 11 is 0. The maximum atomic E-state index is 6.18. The van der Waals surface area contributed by atoms with E-state index in [2.05, 4.69) is 16.7 Å². The van der Waals surface area contributed by atoms with E-state index in [9.17, 15) is 0 Å². The van der Waals surface area contributed by atoms with Crippen LogP contribution in [0.5, 0.6) is 0 Å². The zero-order chi connectivity index (χ0) is 12.6. The Bertz CT molecular complexity index is 277. The summed E-state index contributed by atoms with van der Waals surface area (Å²) in [5.74, 6) is 0.893. The van der Waals surface area contributed by atoms with Crippen LogP contribution in [-0.4, -0.2) is 54.1 Å². The zero-order valence-corrected chi connectivity index (χ0v) is 11.9. The highest BCUT2D eigenvalue weighted by Gasteiger charge is 2.49. The highest BCUT2D eigenvalue weighted by Crippen LogP contribution is 2.46. The van der Waals surface area contributed by atoms with E-state index >= 15 is 0 Å². The van der Waals surface area contributed by atoms with Crippen molar-refractivity contribution in [3.63, 3.8) is 0 Å². The summed E-state index contributed by atoms with van der Waals surface area (Å²) in [5, 5.41) is 0. The predicted molar refractivity (Wildman–Crippen MR) is 75.6 cm³/mol. The van der Waals surface area contributed by atoms with E-state index in [1.807, 2.05) is 0 Å². The zero-order valence-electron chi connectivity index (χ0n) is 11.9. The van der Waals surface area contributed by atoms with E-state index in [0.29, 0.717) is 5.54 Å².